The number of piperidine rings is 1. The maximum Gasteiger partial charge on any atom is 0.323 e. The molecule has 1 unspecified atom stereocenters. The first-order valence-electron chi connectivity index (χ1n) is 8.91. The first kappa shape index (κ1) is 20.7. The van der Waals surface area contributed by atoms with E-state index in [1.54, 1.807) is 24.3 Å². The summed E-state index contributed by atoms with van der Waals surface area (Å²) in [5.41, 5.74) is 7.76. The Morgan fingerprint density at radius 3 is 2.22 bits per heavy atom. The second-order valence-electron chi connectivity index (χ2n) is 6.41. The Labute approximate surface area is 165 Å². The third kappa shape index (κ3) is 5.45. The van der Waals surface area contributed by atoms with Gasteiger partial charge in [0, 0.05) is 36.1 Å². The van der Waals surface area contributed by atoms with Crippen LogP contribution in [0, 0.1) is 0 Å². The van der Waals surface area contributed by atoms with E-state index in [-0.39, 0.29) is 30.4 Å². The van der Waals surface area contributed by atoms with Gasteiger partial charge in [-0.2, -0.15) is 0 Å². The lowest BCUT2D eigenvalue weighted by Gasteiger charge is -2.35. The van der Waals surface area contributed by atoms with E-state index in [4.69, 9.17) is 5.73 Å². The Hall–Kier alpha value is -2.57. The van der Waals surface area contributed by atoms with Crippen LogP contribution in [0.5, 0.6) is 0 Å². The number of nitrogens with zero attached hydrogens (tertiary/aromatic N) is 1. The number of anilines is 2. The van der Waals surface area contributed by atoms with Crippen molar-refractivity contribution in [2.75, 3.05) is 23.7 Å². The zero-order valence-electron chi connectivity index (χ0n) is 15.1. The highest BCUT2D eigenvalue weighted by Gasteiger charge is 2.26. The number of benzene rings is 2. The van der Waals surface area contributed by atoms with E-state index < -0.39 is 0 Å². The predicted octanol–water partition coefficient (Wildman–Crippen LogP) is 3.71. The summed E-state index contributed by atoms with van der Waals surface area (Å²) in [6.45, 7) is 1.24. The van der Waals surface area contributed by atoms with Gasteiger partial charge in [-0.25, -0.2) is 4.79 Å². The molecule has 2 aromatic carbocycles. The van der Waals surface area contributed by atoms with Crippen LogP contribution in [-0.2, 0) is 0 Å². The minimum absolute atomic E-state index is 0. The lowest BCUT2D eigenvalue weighted by atomic mass is 10.0. The van der Waals surface area contributed by atoms with Crippen molar-refractivity contribution in [1.29, 1.82) is 0 Å². The van der Waals surface area contributed by atoms with Crippen LogP contribution in [0.3, 0.4) is 0 Å². The predicted molar refractivity (Wildman–Crippen MR) is 111 cm³/mol. The smallest absolute Gasteiger partial charge is 0.323 e. The number of para-hydroxylation sites is 1. The topological polar surface area (TPSA) is 87.5 Å². The summed E-state index contributed by atoms with van der Waals surface area (Å²) in [5.74, 6) is 0.000405. The molecular formula is C20H25ClN4O2. The van der Waals surface area contributed by atoms with Crippen molar-refractivity contribution in [3.05, 3.63) is 60.2 Å². The van der Waals surface area contributed by atoms with Crippen molar-refractivity contribution < 1.29 is 9.59 Å². The van der Waals surface area contributed by atoms with E-state index in [1.807, 2.05) is 35.2 Å². The molecule has 1 atom stereocenters. The molecule has 2 aromatic rings. The highest BCUT2D eigenvalue weighted by atomic mass is 35.5. The second-order valence-corrected chi connectivity index (χ2v) is 6.41. The number of amides is 3. The minimum Gasteiger partial charge on any atom is -0.334 e. The molecule has 6 nitrogen and oxygen atoms in total. The third-order valence-corrected chi connectivity index (χ3v) is 4.58. The summed E-state index contributed by atoms with van der Waals surface area (Å²) >= 11 is 0. The van der Waals surface area contributed by atoms with Crippen LogP contribution in [0.1, 0.15) is 29.6 Å². The van der Waals surface area contributed by atoms with Crippen LogP contribution in [-0.4, -0.2) is 36.0 Å². The molecule has 0 radical (unpaired) electrons. The average Bonchev–Trinajstić information content (AvgIpc) is 2.68. The van der Waals surface area contributed by atoms with E-state index in [2.05, 4.69) is 10.6 Å². The maximum absolute atomic E-state index is 12.7. The molecule has 0 bridgehead atoms. The zero-order valence-corrected chi connectivity index (χ0v) is 15.9. The summed E-state index contributed by atoms with van der Waals surface area (Å²) in [5, 5.41) is 5.51. The summed E-state index contributed by atoms with van der Waals surface area (Å²) < 4.78 is 0. The van der Waals surface area contributed by atoms with Gasteiger partial charge < -0.3 is 21.3 Å². The molecule has 0 aliphatic carbocycles. The lowest BCUT2D eigenvalue weighted by molar-refractivity contribution is 0.0623. The van der Waals surface area contributed by atoms with Gasteiger partial charge in [0.25, 0.3) is 5.91 Å². The van der Waals surface area contributed by atoms with Crippen molar-refractivity contribution in [3.8, 4) is 0 Å². The number of nitrogens with one attached hydrogen (secondary N) is 2. The van der Waals surface area contributed by atoms with Gasteiger partial charge in [0.15, 0.2) is 0 Å². The molecule has 1 aliphatic heterocycles. The van der Waals surface area contributed by atoms with Crippen molar-refractivity contribution >= 4 is 35.7 Å². The standard InChI is InChI=1S/C20H24N4O2.ClH/c21-14-18-8-4-5-13-24(18)19(25)15-9-11-17(12-10-15)23-20(26)22-16-6-2-1-3-7-16;/h1-3,6-7,9-12,18H,4-5,8,13-14,21H2,(H2,22,23,26);1H. The number of urea groups is 1. The summed E-state index contributed by atoms with van der Waals surface area (Å²) in [6.07, 6.45) is 3.09. The summed E-state index contributed by atoms with van der Waals surface area (Å²) in [7, 11) is 0. The zero-order chi connectivity index (χ0) is 18.4. The van der Waals surface area contributed by atoms with Crippen molar-refractivity contribution in [2.24, 2.45) is 5.73 Å². The van der Waals surface area contributed by atoms with Gasteiger partial charge in [-0.1, -0.05) is 18.2 Å². The second kappa shape index (κ2) is 9.94. The van der Waals surface area contributed by atoms with Crippen LogP contribution in [0.4, 0.5) is 16.2 Å². The average molecular weight is 389 g/mol. The Bertz CT molecular complexity index is 752. The first-order valence-corrected chi connectivity index (χ1v) is 8.91. The number of carbonyl (C=O) groups is 2. The first-order chi connectivity index (χ1) is 12.7. The number of halogens is 1. The highest BCUT2D eigenvalue weighted by molar-refractivity contribution is 6.00. The van der Waals surface area contributed by atoms with E-state index in [1.165, 1.54) is 0 Å². The van der Waals surface area contributed by atoms with Crippen LogP contribution in [0.25, 0.3) is 0 Å². The van der Waals surface area contributed by atoms with Gasteiger partial charge >= 0.3 is 6.03 Å². The fraction of sp³-hybridized carbons (Fsp3) is 0.300. The van der Waals surface area contributed by atoms with Crippen molar-refractivity contribution in [3.63, 3.8) is 0 Å². The van der Waals surface area contributed by atoms with Gasteiger partial charge in [0.05, 0.1) is 0 Å². The maximum atomic E-state index is 12.7. The molecule has 7 heteroatoms. The van der Waals surface area contributed by atoms with Gasteiger partial charge in [0.2, 0.25) is 0 Å². The van der Waals surface area contributed by atoms with E-state index in [0.717, 1.165) is 31.5 Å². The van der Waals surface area contributed by atoms with Crippen LogP contribution in [0.15, 0.2) is 54.6 Å². The monoisotopic (exact) mass is 388 g/mol. The van der Waals surface area contributed by atoms with Crippen LogP contribution >= 0.6 is 12.4 Å². The molecule has 4 N–H and O–H groups in total. The quantitative estimate of drug-likeness (QED) is 0.746. The molecule has 0 saturated carbocycles. The Morgan fingerprint density at radius 1 is 0.963 bits per heavy atom. The number of hydrogen-bond acceptors (Lipinski definition) is 3. The molecule has 1 heterocycles. The fourth-order valence-electron chi connectivity index (χ4n) is 3.19. The minimum atomic E-state index is -0.325. The van der Waals surface area contributed by atoms with Gasteiger partial charge in [-0.05, 0) is 55.7 Å². The normalized spacial score (nSPS) is 16.2. The van der Waals surface area contributed by atoms with Crippen molar-refractivity contribution in [1.82, 2.24) is 4.90 Å². The van der Waals surface area contributed by atoms with Gasteiger partial charge in [0.1, 0.15) is 0 Å². The molecule has 3 amide bonds. The number of carbonyl (C=O) groups excluding carboxylic acids is 2. The Morgan fingerprint density at radius 2 is 1.59 bits per heavy atom. The van der Waals surface area contributed by atoms with E-state index >= 15 is 0 Å². The molecule has 144 valence electrons. The molecule has 1 aliphatic rings. The van der Waals surface area contributed by atoms with Crippen molar-refractivity contribution in [2.45, 2.75) is 25.3 Å². The largest absolute Gasteiger partial charge is 0.334 e. The number of likely N-dealkylation sites (tertiary alicyclic amines) is 1. The lowest BCUT2D eigenvalue weighted by Crippen LogP contribution is -2.47. The Balaban J connectivity index is 0.00000261. The highest BCUT2D eigenvalue weighted by Crippen LogP contribution is 2.20. The summed E-state index contributed by atoms with van der Waals surface area (Å²) in [4.78, 5) is 26.6. The third-order valence-electron chi connectivity index (χ3n) is 4.58. The number of nitrogens with two attached hydrogens (primary N) is 1. The number of rotatable bonds is 4. The fourth-order valence-corrected chi connectivity index (χ4v) is 3.19. The van der Waals surface area contributed by atoms with Gasteiger partial charge in [-0.15, -0.1) is 12.4 Å². The molecule has 1 saturated heterocycles. The van der Waals surface area contributed by atoms with E-state index in [0.29, 0.717) is 17.8 Å². The molecule has 0 aromatic heterocycles. The molecule has 0 spiro atoms. The molecule has 3 rings (SSSR count). The van der Waals surface area contributed by atoms with Crippen LogP contribution < -0.4 is 16.4 Å². The van der Waals surface area contributed by atoms with Crippen LogP contribution in [0.2, 0.25) is 0 Å². The molecule has 27 heavy (non-hydrogen) atoms. The SMILES string of the molecule is Cl.NCC1CCCCN1C(=O)c1ccc(NC(=O)Nc2ccccc2)cc1. The Kier molecular flexibility index (Phi) is 7.64. The molecular weight excluding hydrogens is 364 g/mol. The van der Waals surface area contributed by atoms with E-state index in [9.17, 15) is 9.59 Å². The number of hydrogen-bond donors (Lipinski definition) is 3. The molecule has 1 fully saturated rings. The summed E-state index contributed by atoms with van der Waals surface area (Å²) in [6, 6.07) is 16.0. The van der Waals surface area contributed by atoms with Gasteiger partial charge in [-0.3, -0.25) is 4.79 Å².